The van der Waals surface area contributed by atoms with E-state index < -0.39 is 5.97 Å². The van der Waals surface area contributed by atoms with Gasteiger partial charge in [0, 0.05) is 13.2 Å². The topological polar surface area (TPSA) is 60.8 Å². The van der Waals surface area contributed by atoms with Crippen molar-refractivity contribution >= 4 is 5.97 Å². The number of nitrogens with zero attached hydrogens (tertiary/aromatic N) is 1. The second-order valence-corrected chi connectivity index (χ2v) is 3.41. The van der Waals surface area contributed by atoms with Crippen molar-refractivity contribution in [3.05, 3.63) is 0 Å². The number of hydrogen-bond acceptors (Lipinski definition) is 3. The average molecular weight is 173 g/mol. The molecule has 2 N–H and O–H groups in total. The summed E-state index contributed by atoms with van der Waals surface area (Å²) in [4.78, 5) is 12.5. The maximum absolute atomic E-state index is 10.7. The summed E-state index contributed by atoms with van der Waals surface area (Å²) >= 11 is 0. The van der Waals surface area contributed by atoms with E-state index in [0.717, 1.165) is 6.54 Å². The summed E-state index contributed by atoms with van der Waals surface area (Å²) in [7, 11) is 1.82. The van der Waals surface area contributed by atoms with Gasteiger partial charge in [-0.3, -0.25) is 9.69 Å². The molecule has 0 bridgehead atoms. The van der Waals surface area contributed by atoms with Crippen LogP contribution in [0.5, 0.6) is 0 Å². The molecule has 4 nitrogen and oxygen atoms in total. The first-order valence-electron chi connectivity index (χ1n) is 4.19. The van der Waals surface area contributed by atoms with Gasteiger partial charge >= 0.3 is 5.97 Å². The zero-order valence-electron chi connectivity index (χ0n) is 7.23. The fourth-order valence-electron chi connectivity index (χ4n) is 1.79. The molecule has 0 radical (unpaired) electrons. The third-order valence-electron chi connectivity index (χ3n) is 2.46. The summed E-state index contributed by atoms with van der Waals surface area (Å²) in [6, 6.07) is -0.346. The Labute approximate surface area is 71.8 Å². The van der Waals surface area contributed by atoms with Gasteiger partial charge in [0.2, 0.25) is 0 Å². The maximum Gasteiger partial charge on any atom is 0.320 e. The standard InChI is InChI=1S/C8H15NO3/c1-9-5-6(2-3-10)4-7(9)8(11)12/h6-7,10H,2-5H2,1H3,(H,11,12)/t6-,7-/m0/s1. The molecule has 0 aromatic heterocycles. The second kappa shape index (κ2) is 3.87. The summed E-state index contributed by atoms with van der Waals surface area (Å²) in [5.74, 6) is -0.404. The average Bonchev–Trinajstić information content (AvgIpc) is 2.32. The fraction of sp³-hybridized carbons (Fsp3) is 0.875. The van der Waals surface area contributed by atoms with Gasteiger partial charge in [0.05, 0.1) is 0 Å². The van der Waals surface area contributed by atoms with Gasteiger partial charge in [-0.25, -0.2) is 0 Å². The number of rotatable bonds is 3. The Morgan fingerprint density at radius 2 is 2.33 bits per heavy atom. The zero-order valence-corrected chi connectivity index (χ0v) is 7.23. The van der Waals surface area contributed by atoms with E-state index in [2.05, 4.69) is 0 Å². The van der Waals surface area contributed by atoms with Crippen molar-refractivity contribution in [3.8, 4) is 0 Å². The van der Waals surface area contributed by atoms with Gasteiger partial charge < -0.3 is 10.2 Å². The lowest BCUT2D eigenvalue weighted by Crippen LogP contribution is -2.32. The molecule has 0 aromatic carbocycles. The predicted molar refractivity (Wildman–Crippen MR) is 43.9 cm³/mol. The SMILES string of the molecule is CN1C[C@@H](CCO)C[C@H]1C(=O)O. The van der Waals surface area contributed by atoms with E-state index in [0.29, 0.717) is 18.8 Å². The van der Waals surface area contributed by atoms with E-state index in [9.17, 15) is 4.79 Å². The van der Waals surface area contributed by atoms with Crippen molar-refractivity contribution in [2.75, 3.05) is 20.2 Å². The van der Waals surface area contributed by atoms with Gasteiger partial charge in [0.15, 0.2) is 0 Å². The van der Waals surface area contributed by atoms with Gasteiger partial charge in [0.1, 0.15) is 6.04 Å². The van der Waals surface area contributed by atoms with Crippen molar-refractivity contribution in [2.24, 2.45) is 5.92 Å². The van der Waals surface area contributed by atoms with E-state index in [4.69, 9.17) is 10.2 Å². The first kappa shape index (κ1) is 9.48. The molecule has 1 heterocycles. The van der Waals surface area contributed by atoms with Crippen LogP contribution in [-0.2, 0) is 4.79 Å². The molecule has 1 aliphatic rings. The van der Waals surface area contributed by atoms with Crippen molar-refractivity contribution in [2.45, 2.75) is 18.9 Å². The first-order valence-corrected chi connectivity index (χ1v) is 4.19. The van der Waals surface area contributed by atoms with Crippen LogP contribution in [0.4, 0.5) is 0 Å². The summed E-state index contributed by atoms with van der Waals surface area (Å²) < 4.78 is 0. The van der Waals surface area contributed by atoms with Gasteiger partial charge in [-0.2, -0.15) is 0 Å². The van der Waals surface area contributed by atoms with E-state index in [-0.39, 0.29) is 12.6 Å². The summed E-state index contributed by atoms with van der Waals surface area (Å²) in [6.07, 6.45) is 1.39. The molecule has 70 valence electrons. The molecule has 0 aliphatic carbocycles. The lowest BCUT2D eigenvalue weighted by molar-refractivity contribution is -0.141. The minimum Gasteiger partial charge on any atom is -0.480 e. The van der Waals surface area contributed by atoms with Gasteiger partial charge in [-0.15, -0.1) is 0 Å². The van der Waals surface area contributed by atoms with Crippen LogP contribution in [0.25, 0.3) is 0 Å². The van der Waals surface area contributed by atoms with Crippen LogP contribution in [0.3, 0.4) is 0 Å². The number of carbonyl (C=O) groups is 1. The van der Waals surface area contributed by atoms with Gasteiger partial charge in [0.25, 0.3) is 0 Å². The van der Waals surface area contributed by atoms with Gasteiger partial charge in [-0.05, 0) is 25.8 Å². The Morgan fingerprint density at radius 1 is 1.67 bits per heavy atom. The smallest absolute Gasteiger partial charge is 0.320 e. The third kappa shape index (κ3) is 1.95. The Balaban J connectivity index is 2.44. The van der Waals surface area contributed by atoms with Crippen molar-refractivity contribution in [1.82, 2.24) is 4.90 Å². The Morgan fingerprint density at radius 3 is 2.75 bits per heavy atom. The lowest BCUT2D eigenvalue weighted by atomic mass is 10.0. The third-order valence-corrected chi connectivity index (χ3v) is 2.46. The first-order chi connectivity index (χ1) is 5.65. The molecule has 12 heavy (non-hydrogen) atoms. The molecular formula is C8H15NO3. The molecule has 1 saturated heterocycles. The lowest BCUT2D eigenvalue weighted by Gasteiger charge is -2.13. The molecule has 1 rings (SSSR count). The van der Waals surface area contributed by atoms with Crippen LogP contribution in [0, 0.1) is 5.92 Å². The van der Waals surface area contributed by atoms with E-state index >= 15 is 0 Å². The van der Waals surface area contributed by atoms with Gasteiger partial charge in [-0.1, -0.05) is 0 Å². The number of hydrogen-bond donors (Lipinski definition) is 2. The van der Waals surface area contributed by atoms with Crippen LogP contribution < -0.4 is 0 Å². The molecule has 2 atom stereocenters. The van der Waals surface area contributed by atoms with E-state index in [1.807, 2.05) is 11.9 Å². The van der Waals surface area contributed by atoms with Crippen LogP contribution in [-0.4, -0.2) is 47.3 Å². The van der Waals surface area contributed by atoms with Crippen molar-refractivity contribution in [1.29, 1.82) is 0 Å². The monoisotopic (exact) mass is 173 g/mol. The molecular weight excluding hydrogens is 158 g/mol. The molecule has 1 fully saturated rings. The fourth-order valence-corrected chi connectivity index (χ4v) is 1.79. The molecule has 4 heteroatoms. The molecule has 0 saturated carbocycles. The minimum absolute atomic E-state index is 0.158. The van der Waals surface area contributed by atoms with Crippen LogP contribution in [0.2, 0.25) is 0 Å². The number of likely N-dealkylation sites (tertiary alicyclic amines) is 1. The predicted octanol–water partition coefficient (Wildman–Crippen LogP) is -0.226. The number of carboxylic acid groups (broad SMARTS) is 1. The van der Waals surface area contributed by atoms with Crippen LogP contribution in [0.15, 0.2) is 0 Å². The highest BCUT2D eigenvalue weighted by molar-refractivity contribution is 5.73. The Kier molecular flexibility index (Phi) is 3.05. The summed E-state index contributed by atoms with van der Waals surface area (Å²) in [5, 5.41) is 17.4. The molecule has 0 amide bonds. The normalized spacial score (nSPS) is 30.8. The molecule has 0 spiro atoms. The summed E-state index contributed by atoms with van der Waals surface area (Å²) in [5.41, 5.74) is 0. The number of likely N-dealkylation sites (N-methyl/N-ethyl adjacent to an activating group) is 1. The maximum atomic E-state index is 10.7. The quantitative estimate of drug-likeness (QED) is 0.619. The minimum atomic E-state index is -0.752. The van der Waals surface area contributed by atoms with Crippen molar-refractivity contribution < 1.29 is 15.0 Å². The van der Waals surface area contributed by atoms with E-state index in [1.165, 1.54) is 0 Å². The number of aliphatic hydroxyl groups is 1. The van der Waals surface area contributed by atoms with Crippen LogP contribution >= 0.6 is 0 Å². The highest BCUT2D eigenvalue weighted by Crippen LogP contribution is 2.23. The molecule has 1 aliphatic heterocycles. The number of carboxylic acids is 1. The molecule has 0 aromatic rings. The zero-order chi connectivity index (χ0) is 9.14. The van der Waals surface area contributed by atoms with Crippen molar-refractivity contribution in [3.63, 3.8) is 0 Å². The Bertz CT molecular complexity index is 172. The number of aliphatic carboxylic acids is 1. The summed E-state index contributed by atoms with van der Waals surface area (Å²) in [6.45, 7) is 0.947. The Hall–Kier alpha value is -0.610. The number of aliphatic hydroxyl groups excluding tert-OH is 1. The van der Waals surface area contributed by atoms with Crippen LogP contribution in [0.1, 0.15) is 12.8 Å². The highest BCUT2D eigenvalue weighted by atomic mass is 16.4. The molecule has 0 unspecified atom stereocenters. The van der Waals surface area contributed by atoms with E-state index in [1.54, 1.807) is 0 Å². The highest BCUT2D eigenvalue weighted by Gasteiger charge is 2.33. The largest absolute Gasteiger partial charge is 0.480 e. The second-order valence-electron chi connectivity index (χ2n) is 3.41.